The minimum absolute atomic E-state index is 0.0185. The first-order valence-electron chi connectivity index (χ1n) is 7.77. The largest absolute Gasteiger partial charge is 0.480 e. The first-order chi connectivity index (χ1) is 12.7. The highest BCUT2D eigenvalue weighted by Crippen LogP contribution is 2.29. The molecule has 1 aromatic heterocycles. The third-order valence-electron chi connectivity index (χ3n) is 3.93. The Morgan fingerprint density at radius 1 is 1.11 bits per heavy atom. The van der Waals surface area contributed by atoms with E-state index in [1.165, 1.54) is 11.5 Å². The molecule has 0 aliphatic rings. The second-order valence-corrected chi connectivity index (χ2v) is 6.74. The molecule has 0 aliphatic carbocycles. The number of aliphatic carboxylic acids is 1. The predicted molar refractivity (Wildman–Crippen MR) is 93.5 cm³/mol. The molecule has 9 heteroatoms. The maximum atomic E-state index is 12.6. The van der Waals surface area contributed by atoms with Gasteiger partial charge in [0, 0.05) is 5.56 Å². The monoisotopic (exact) mass is 394 g/mol. The van der Waals surface area contributed by atoms with Crippen LogP contribution >= 0.6 is 11.3 Å². The van der Waals surface area contributed by atoms with Crippen LogP contribution in [-0.2, 0) is 11.0 Å². The van der Waals surface area contributed by atoms with E-state index >= 15 is 0 Å². The summed E-state index contributed by atoms with van der Waals surface area (Å²) in [5.41, 5.74) is -0.276. The smallest absolute Gasteiger partial charge is 0.416 e. The van der Waals surface area contributed by atoms with Gasteiger partial charge in [-0.2, -0.15) is 18.2 Å². The number of carboxylic acids is 1. The quantitative estimate of drug-likeness (QED) is 0.727. The first-order valence-corrected chi connectivity index (χ1v) is 8.59. The lowest BCUT2D eigenvalue weighted by Gasteiger charge is -2.10. The molecule has 0 saturated carbocycles. The Kier molecular flexibility index (Phi) is 4.88. The zero-order chi connectivity index (χ0) is 19.8. The van der Waals surface area contributed by atoms with E-state index in [9.17, 15) is 27.9 Å². The molecule has 0 spiro atoms. The highest BCUT2D eigenvalue weighted by Gasteiger charge is 2.30. The van der Waals surface area contributed by atoms with E-state index in [-0.39, 0.29) is 10.4 Å². The Bertz CT molecular complexity index is 1080. The number of alkyl halides is 3. The first kappa shape index (κ1) is 18.8. The van der Waals surface area contributed by atoms with Gasteiger partial charge in [-0.15, -0.1) is 0 Å². The number of aromatic nitrogens is 1. The summed E-state index contributed by atoms with van der Waals surface area (Å²) in [5.74, 6) is -1.84. The number of rotatable bonds is 3. The van der Waals surface area contributed by atoms with Gasteiger partial charge in [-0.1, -0.05) is 23.5 Å². The van der Waals surface area contributed by atoms with Gasteiger partial charge in [0.2, 0.25) is 0 Å². The number of thiazole rings is 1. The molecule has 0 radical (unpaired) electrons. The molecule has 1 atom stereocenters. The van der Waals surface area contributed by atoms with Crippen LogP contribution in [0.5, 0.6) is 0 Å². The molecule has 3 aromatic rings. The van der Waals surface area contributed by atoms with Crippen molar-refractivity contribution >= 4 is 33.4 Å². The predicted octanol–water partition coefficient (Wildman–Crippen LogP) is 4.11. The summed E-state index contributed by atoms with van der Waals surface area (Å²) in [6, 6.07) is 9.74. The van der Waals surface area contributed by atoms with Crippen molar-refractivity contribution in [3.05, 3.63) is 64.5 Å². The Balaban J connectivity index is 2.08. The Morgan fingerprint density at radius 2 is 1.74 bits per heavy atom. The summed E-state index contributed by atoms with van der Waals surface area (Å²) in [6.07, 6.45) is -4.50. The van der Waals surface area contributed by atoms with Gasteiger partial charge in [0.05, 0.1) is 15.8 Å². The normalized spacial score (nSPS) is 13.7. The molecular weight excluding hydrogens is 381 g/mol. The lowest BCUT2D eigenvalue weighted by Crippen LogP contribution is -2.25. The standard InChI is InChI=1S/C18H13F3N2O3S/c1-10(16(25)26)23-13-4-2-3-5-14(13)27-17(23)22-15(24)11-6-8-12(9-7-11)18(19,20)21/h2-10H,1H3,(H,25,26)/b22-17-. The second kappa shape index (κ2) is 6.99. The third kappa shape index (κ3) is 3.77. The van der Waals surface area contributed by atoms with Crippen molar-refractivity contribution in [1.29, 1.82) is 0 Å². The van der Waals surface area contributed by atoms with Gasteiger partial charge in [-0.3, -0.25) is 4.79 Å². The van der Waals surface area contributed by atoms with Crippen LogP contribution in [0.2, 0.25) is 0 Å². The van der Waals surface area contributed by atoms with Crippen molar-refractivity contribution in [3.8, 4) is 0 Å². The average Bonchev–Trinajstić information content (AvgIpc) is 2.98. The molecule has 0 fully saturated rings. The second-order valence-electron chi connectivity index (χ2n) is 5.73. The van der Waals surface area contributed by atoms with Gasteiger partial charge in [0.25, 0.3) is 5.91 Å². The van der Waals surface area contributed by atoms with Crippen LogP contribution in [0.4, 0.5) is 13.2 Å². The van der Waals surface area contributed by atoms with Gasteiger partial charge in [0.1, 0.15) is 6.04 Å². The summed E-state index contributed by atoms with van der Waals surface area (Å²) in [5, 5.41) is 9.35. The van der Waals surface area contributed by atoms with Gasteiger partial charge in [0.15, 0.2) is 4.80 Å². The molecule has 3 rings (SSSR count). The fourth-order valence-corrected chi connectivity index (χ4v) is 3.61. The molecule has 1 unspecified atom stereocenters. The summed E-state index contributed by atoms with van der Waals surface area (Å²) in [4.78, 5) is 27.9. The summed E-state index contributed by atoms with van der Waals surface area (Å²) in [7, 11) is 0. The zero-order valence-corrected chi connectivity index (χ0v) is 14.7. The van der Waals surface area contributed by atoms with Crippen LogP contribution in [0.25, 0.3) is 10.2 Å². The van der Waals surface area contributed by atoms with E-state index in [2.05, 4.69) is 4.99 Å². The highest BCUT2D eigenvalue weighted by atomic mass is 32.1. The Hall–Kier alpha value is -2.94. The van der Waals surface area contributed by atoms with E-state index in [4.69, 9.17) is 0 Å². The molecule has 140 valence electrons. The maximum Gasteiger partial charge on any atom is 0.416 e. The molecule has 1 N–H and O–H groups in total. The SMILES string of the molecule is CC(C(=O)O)n1/c(=N/C(=O)c2ccc(C(F)(F)F)cc2)sc2ccccc21. The topological polar surface area (TPSA) is 71.7 Å². The number of fused-ring (bicyclic) bond motifs is 1. The van der Waals surface area contributed by atoms with Crippen molar-refractivity contribution in [1.82, 2.24) is 4.57 Å². The highest BCUT2D eigenvalue weighted by molar-refractivity contribution is 7.16. The van der Waals surface area contributed by atoms with Crippen LogP contribution in [0.3, 0.4) is 0 Å². The molecule has 1 amide bonds. The molecule has 0 aliphatic heterocycles. The Labute approximate surface area is 155 Å². The van der Waals surface area contributed by atoms with Crippen molar-refractivity contribution in [2.24, 2.45) is 4.99 Å². The number of carbonyl (C=O) groups is 2. The summed E-state index contributed by atoms with van der Waals surface area (Å²) < 4.78 is 40.1. The van der Waals surface area contributed by atoms with E-state index in [0.29, 0.717) is 5.52 Å². The van der Waals surface area contributed by atoms with Crippen molar-refractivity contribution in [2.75, 3.05) is 0 Å². The number of benzene rings is 2. The lowest BCUT2D eigenvalue weighted by atomic mass is 10.1. The summed E-state index contributed by atoms with van der Waals surface area (Å²) >= 11 is 1.13. The van der Waals surface area contributed by atoms with Crippen molar-refractivity contribution < 1.29 is 27.9 Å². The number of nitrogens with zero attached hydrogens (tertiary/aromatic N) is 2. The fourth-order valence-electron chi connectivity index (χ4n) is 2.51. The van der Waals surface area contributed by atoms with E-state index < -0.39 is 29.7 Å². The molecule has 1 heterocycles. The molecule has 27 heavy (non-hydrogen) atoms. The number of carboxylic acid groups (broad SMARTS) is 1. The molecule has 5 nitrogen and oxygen atoms in total. The van der Waals surface area contributed by atoms with E-state index in [0.717, 1.165) is 40.3 Å². The number of hydrogen-bond acceptors (Lipinski definition) is 3. The average molecular weight is 394 g/mol. The molecule has 0 saturated heterocycles. The molecule has 2 aromatic carbocycles. The van der Waals surface area contributed by atoms with Gasteiger partial charge >= 0.3 is 12.1 Å². The van der Waals surface area contributed by atoms with Gasteiger partial charge in [-0.05, 0) is 43.3 Å². The van der Waals surface area contributed by atoms with Crippen molar-refractivity contribution in [2.45, 2.75) is 19.1 Å². The Morgan fingerprint density at radius 3 is 2.33 bits per heavy atom. The van der Waals surface area contributed by atoms with Gasteiger partial charge < -0.3 is 9.67 Å². The van der Waals surface area contributed by atoms with Crippen LogP contribution in [0.15, 0.2) is 53.5 Å². The summed E-state index contributed by atoms with van der Waals surface area (Å²) in [6.45, 7) is 1.46. The third-order valence-corrected chi connectivity index (χ3v) is 4.97. The van der Waals surface area contributed by atoms with Gasteiger partial charge in [-0.25, -0.2) is 4.79 Å². The van der Waals surface area contributed by atoms with Crippen LogP contribution < -0.4 is 4.80 Å². The number of hydrogen-bond donors (Lipinski definition) is 1. The minimum atomic E-state index is -4.50. The van der Waals surface area contributed by atoms with Crippen LogP contribution in [0, 0.1) is 0 Å². The van der Waals surface area contributed by atoms with E-state index in [1.807, 2.05) is 0 Å². The number of halogens is 3. The number of amides is 1. The molecule has 0 bridgehead atoms. The number of para-hydroxylation sites is 1. The van der Waals surface area contributed by atoms with Crippen LogP contribution in [-0.4, -0.2) is 21.6 Å². The zero-order valence-electron chi connectivity index (χ0n) is 13.9. The lowest BCUT2D eigenvalue weighted by molar-refractivity contribution is -0.140. The molecular formula is C18H13F3N2O3S. The van der Waals surface area contributed by atoms with Crippen LogP contribution in [0.1, 0.15) is 28.9 Å². The minimum Gasteiger partial charge on any atom is -0.480 e. The number of carbonyl (C=O) groups excluding carboxylic acids is 1. The van der Waals surface area contributed by atoms with Crippen molar-refractivity contribution in [3.63, 3.8) is 0 Å². The maximum absolute atomic E-state index is 12.6. The van der Waals surface area contributed by atoms with E-state index in [1.54, 1.807) is 24.3 Å². The fraction of sp³-hybridized carbons (Fsp3) is 0.167.